The number of hydrogen-bond acceptors (Lipinski definition) is 1. The molecule has 0 heterocycles. The number of halogens is 2. The molecule has 18 heavy (non-hydrogen) atoms. The van der Waals surface area contributed by atoms with E-state index in [0.29, 0.717) is 18.4 Å². The Morgan fingerprint density at radius 2 is 1.78 bits per heavy atom. The van der Waals surface area contributed by atoms with Crippen LogP contribution >= 0.6 is 23.2 Å². The molecule has 1 nitrogen and oxygen atoms in total. The van der Waals surface area contributed by atoms with Crippen molar-refractivity contribution in [2.75, 3.05) is 25.0 Å². The van der Waals surface area contributed by atoms with Crippen molar-refractivity contribution in [3.05, 3.63) is 35.9 Å². The van der Waals surface area contributed by atoms with Gasteiger partial charge in [-0.25, -0.2) is 0 Å². The zero-order valence-corrected chi connectivity index (χ0v) is 12.1. The second-order valence-corrected chi connectivity index (χ2v) is 5.92. The van der Waals surface area contributed by atoms with Gasteiger partial charge in [-0.2, -0.15) is 0 Å². The molecule has 1 fully saturated rings. The maximum Gasteiger partial charge on any atom is 0.0548 e. The van der Waals surface area contributed by atoms with E-state index in [2.05, 4.69) is 12.1 Å². The number of hydrogen-bond donors (Lipinski definition) is 0. The van der Waals surface area contributed by atoms with Crippen molar-refractivity contribution in [2.24, 2.45) is 11.3 Å². The van der Waals surface area contributed by atoms with Gasteiger partial charge in [0.15, 0.2) is 0 Å². The second kappa shape index (κ2) is 6.79. The summed E-state index contributed by atoms with van der Waals surface area (Å²) in [5.41, 5.74) is 1.13. The van der Waals surface area contributed by atoms with Crippen LogP contribution in [0.2, 0.25) is 0 Å². The van der Waals surface area contributed by atoms with E-state index in [9.17, 15) is 0 Å². The Hall–Kier alpha value is -0.240. The quantitative estimate of drug-likeness (QED) is 0.653. The van der Waals surface area contributed by atoms with Gasteiger partial charge in [-0.3, -0.25) is 0 Å². The summed E-state index contributed by atoms with van der Waals surface area (Å²) in [5, 5.41) is 0. The maximum absolute atomic E-state index is 6.14. The van der Waals surface area contributed by atoms with Gasteiger partial charge in [-0.1, -0.05) is 30.3 Å². The van der Waals surface area contributed by atoms with Crippen molar-refractivity contribution < 1.29 is 4.74 Å². The third kappa shape index (κ3) is 4.15. The third-order valence-electron chi connectivity index (χ3n) is 3.45. The fraction of sp³-hybridized carbons (Fsp3) is 0.600. The smallest absolute Gasteiger partial charge is 0.0548 e. The van der Waals surface area contributed by atoms with Crippen LogP contribution < -0.4 is 0 Å². The van der Waals surface area contributed by atoms with Gasteiger partial charge in [0.2, 0.25) is 0 Å². The molecule has 0 unspecified atom stereocenters. The Bertz CT molecular complexity index is 345. The summed E-state index contributed by atoms with van der Waals surface area (Å²) in [7, 11) is 0. The van der Waals surface area contributed by atoms with Gasteiger partial charge in [0.25, 0.3) is 0 Å². The molecule has 0 amide bonds. The van der Waals surface area contributed by atoms with Gasteiger partial charge in [0.1, 0.15) is 0 Å². The number of ether oxygens (including phenoxy) is 1. The molecule has 1 aliphatic carbocycles. The van der Waals surface area contributed by atoms with Crippen LogP contribution in [0.4, 0.5) is 0 Å². The van der Waals surface area contributed by atoms with Crippen LogP contribution in [-0.4, -0.2) is 25.0 Å². The molecule has 1 saturated carbocycles. The molecule has 0 spiro atoms. The summed E-state index contributed by atoms with van der Waals surface area (Å²) in [5.74, 6) is 1.86. The van der Waals surface area contributed by atoms with Gasteiger partial charge >= 0.3 is 0 Å². The lowest BCUT2D eigenvalue weighted by molar-refractivity contribution is 0.0592. The standard InChI is InChI=1S/C15H20Cl2O/c16-10-15(11-17,12-18-9-14-6-7-14)8-13-4-2-1-3-5-13/h1-5,14H,6-12H2. The summed E-state index contributed by atoms with van der Waals surface area (Å²) in [4.78, 5) is 0. The highest BCUT2D eigenvalue weighted by atomic mass is 35.5. The van der Waals surface area contributed by atoms with E-state index in [1.165, 1.54) is 18.4 Å². The first-order valence-electron chi connectivity index (χ1n) is 6.52. The molecule has 100 valence electrons. The average Bonchev–Trinajstić information content (AvgIpc) is 3.23. The summed E-state index contributed by atoms with van der Waals surface area (Å²) in [6.45, 7) is 1.52. The molecule has 1 aromatic carbocycles. The first kappa shape index (κ1) is 14.2. The summed E-state index contributed by atoms with van der Waals surface area (Å²) in [6, 6.07) is 10.4. The zero-order chi connectivity index (χ0) is 12.8. The number of rotatable bonds is 8. The largest absolute Gasteiger partial charge is 0.380 e. The Balaban J connectivity index is 1.91. The van der Waals surface area contributed by atoms with Gasteiger partial charge in [-0.05, 0) is 30.7 Å². The van der Waals surface area contributed by atoms with Crippen molar-refractivity contribution >= 4 is 23.2 Å². The molecule has 1 aromatic rings. The molecule has 2 rings (SSSR count). The average molecular weight is 287 g/mol. The van der Waals surface area contributed by atoms with E-state index < -0.39 is 0 Å². The van der Waals surface area contributed by atoms with E-state index in [4.69, 9.17) is 27.9 Å². The van der Waals surface area contributed by atoms with Crippen LogP contribution in [0.1, 0.15) is 18.4 Å². The molecule has 0 atom stereocenters. The molecule has 0 radical (unpaired) electrons. The molecule has 3 heteroatoms. The molecular formula is C15H20Cl2O. The van der Waals surface area contributed by atoms with E-state index >= 15 is 0 Å². The van der Waals surface area contributed by atoms with E-state index in [-0.39, 0.29) is 5.41 Å². The highest BCUT2D eigenvalue weighted by Gasteiger charge is 2.30. The Morgan fingerprint density at radius 1 is 1.11 bits per heavy atom. The minimum atomic E-state index is -0.140. The lowest BCUT2D eigenvalue weighted by atomic mass is 9.86. The van der Waals surface area contributed by atoms with Crippen LogP contribution in [0.3, 0.4) is 0 Å². The van der Waals surface area contributed by atoms with Gasteiger partial charge in [-0.15, -0.1) is 23.2 Å². The Kier molecular flexibility index (Phi) is 5.35. The lowest BCUT2D eigenvalue weighted by Gasteiger charge is -2.29. The van der Waals surface area contributed by atoms with Gasteiger partial charge < -0.3 is 4.74 Å². The predicted octanol–water partition coefficient (Wildman–Crippen LogP) is 4.12. The van der Waals surface area contributed by atoms with Crippen molar-refractivity contribution in [1.82, 2.24) is 0 Å². The Morgan fingerprint density at radius 3 is 2.33 bits per heavy atom. The fourth-order valence-corrected chi connectivity index (χ4v) is 2.64. The molecular weight excluding hydrogens is 267 g/mol. The number of alkyl halides is 2. The molecule has 0 aliphatic heterocycles. The molecule has 0 N–H and O–H groups in total. The zero-order valence-electron chi connectivity index (χ0n) is 10.6. The first-order chi connectivity index (χ1) is 8.78. The highest BCUT2D eigenvalue weighted by Crippen LogP contribution is 2.31. The lowest BCUT2D eigenvalue weighted by Crippen LogP contribution is -2.34. The summed E-state index contributed by atoms with van der Waals surface area (Å²) >= 11 is 12.3. The monoisotopic (exact) mass is 286 g/mol. The van der Waals surface area contributed by atoms with Crippen molar-refractivity contribution in [1.29, 1.82) is 0 Å². The second-order valence-electron chi connectivity index (χ2n) is 5.39. The number of benzene rings is 1. The minimum absolute atomic E-state index is 0.140. The van der Waals surface area contributed by atoms with E-state index in [0.717, 1.165) is 18.9 Å². The normalized spacial score (nSPS) is 15.9. The van der Waals surface area contributed by atoms with Crippen molar-refractivity contribution in [3.8, 4) is 0 Å². The van der Waals surface area contributed by atoms with Crippen LogP contribution in [-0.2, 0) is 11.2 Å². The summed E-state index contributed by atoms with van der Waals surface area (Å²) < 4.78 is 5.81. The fourth-order valence-electron chi connectivity index (χ4n) is 2.01. The van der Waals surface area contributed by atoms with Crippen LogP contribution in [0.25, 0.3) is 0 Å². The molecule has 0 aromatic heterocycles. The van der Waals surface area contributed by atoms with Crippen LogP contribution in [0.15, 0.2) is 30.3 Å². The van der Waals surface area contributed by atoms with E-state index in [1.54, 1.807) is 0 Å². The first-order valence-corrected chi connectivity index (χ1v) is 7.58. The van der Waals surface area contributed by atoms with E-state index in [1.807, 2.05) is 18.2 Å². The topological polar surface area (TPSA) is 9.23 Å². The Labute approximate surface area is 119 Å². The van der Waals surface area contributed by atoms with Crippen LogP contribution in [0, 0.1) is 11.3 Å². The maximum atomic E-state index is 6.14. The minimum Gasteiger partial charge on any atom is -0.380 e. The van der Waals surface area contributed by atoms with Gasteiger partial charge in [0.05, 0.1) is 6.61 Å². The predicted molar refractivity (Wildman–Crippen MR) is 77.6 cm³/mol. The molecule has 1 aliphatic rings. The van der Waals surface area contributed by atoms with Gasteiger partial charge in [0, 0.05) is 23.8 Å². The van der Waals surface area contributed by atoms with Crippen molar-refractivity contribution in [2.45, 2.75) is 19.3 Å². The SMILES string of the molecule is ClCC(CCl)(COCC1CC1)Cc1ccccc1. The summed E-state index contributed by atoms with van der Waals surface area (Å²) in [6.07, 6.45) is 3.51. The van der Waals surface area contributed by atoms with Crippen LogP contribution in [0.5, 0.6) is 0 Å². The molecule has 0 bridgehead atoms. The van der Waals surface area contributed by atoms with Crippen molar-refractivity contribution in [3.63, 3.8) is 0 Å². The highest BCUT2D eigenvalue weighted by molar-refractivity contribution is 6.21. The third-order valence-corrected chi connectivity index (χ3v) is 4.58. The molecule has 0 saturated heterocycles.